The standard InChI is InChI=1S/C26H29NO3/c1-29-23-17-20(18-24(19-23)30-2)13-14-26(28)27-16-15-25(21-9-5-3-6-10-21)22-11-7-4-8-12-22/h3-12,17-19,25H,13-16H2,1-2H3,(H,27,28). The molecule has 0 unspecified atom stereocenters. The fourth-order valence-electron chi connectivity index (χ4n) is 3.61. The zero-order chi connectivity index (χ0) is 21.2. The Balaban J connectivity index is 1.55. The van der Waals surface area contributed by atoms with Crippen LogP contribution in [0, 0.1) is 0 Å². The normalized spacial score (nSPS) is 10.6. The maximum absolute atomic E-state index is 12.4. The zero-order valence-electron chi connectivity index (χ0n) is 17.6. The molecular formula is C26H29NO3. The van der Waals surface area contributed by atoms with Crippen LogP contribution in [0.15, 0.2) is 78.9 Å². The van der Waals surface area contributed by atoms with Gasteiger partial charge in [-0.1, -0.05) is 60.7 Å². The number of aryl methyl sites for hydroxylation is 1. The number of amides is 1. The van der Waals surface area contributed by atoms with Crippen molar-refractivity contribution in [2.24, 2.45) is 0 Å². The molecule has 4 nitrogen and oxygen atoms in total. The van der Waals surface area contributed by atoms with Crippen molar-refractivity contribution in [1.29, 1.82) is 0 Å². The summed E-state index contributed by atoms with van der Waals surface area (Å²) in [5.74, 6) is 1.78. The topological polar surface area (TPSA) is 47.6 Å². The Labute approximate surface area is 178 Å². The highest BCUT2D eigenvalue weighted by atomic mass is 16.5. The third kappa shape index (κ3) is 6.11. The SMILES string of the molecule is COc1cc(CCC(=O)NCCC(c2ccccc2)c2ccccc2)cc(OC)c1. The molecule has 0 aliphatic rings. The molecule has 0 saturated carbocycles. The lowest BCUT2D eigenvalue weighted by molar-refractivity contribution is -0.121. The average Bonchev–Trinajstić information content (AvgIpc) is 2.81. The molecule has 1 N–H and O–H groups in total. The van der Waals surface area contributed by atoms with Crippen LogP contribution < -0.4 is 14.8 Å². The number of nitrogens with one attached hydrogen (secondary N) is 1. The van der Waals surface area contributed by atoms with Crippen LogP contribution in [-0.2, 0) is 11.2 Å². The van der Waals surface area contributed by atoms with E-state index in [0.29, 0.717) is 19.4 Å². The third-order valence-electron chi connectivity index (χ3n) is 5.21. The van der Waals surface area contributed by atoms with E-state index in [1.807, 2.05) is 30.3 Å². The van der Waals surface area contributed by atoms with Crippen LogP contribution >= 0.6 is 0 Å². The van der Waals surface area contributed by atoms with Gasteiger partial charge in [-0.3, -0.25) is 4.79 Å². The van der Waals surface area contributed by atoms with Crippen molar-refractivity contribution in [2.75, 3.05) is 20.8 Å². The molecule has 3 rings (SSSR count). The van der Waals surface area contributed by atoms with Crippen LogP contribution in [0.25, 0.3) is 0 Å². The first-order valence-electron chi connectivity index (χ1n) is 10.3. The number of methoxy groups -OCH3 is 2. The first kappa shape index (κ1) is 21.4. The summed E-state index contributed by atoms with van der Waals surface area (Å²) in [7, 11) is 3.25. The number of rotatable bonds is 10. The van der Waals surface area contributed by atoms with Gasteiger partial charge in [0, 0.05) is 24.9 Å². The van der Waals surface area contributed by atoms with Gasteiger partial charge >= 0.3 is 0 Å². The largest absolute Gasteiger partial charge is 0.497 e. The molecule has 0 saturated heterocycles. The van der Waals surface area contributed by atoms with Crippen molar-refractivity contribution in [2.45, 2.75) is 25.2 Å². The summed E-state index contributed by atoms with van der Waals surface area (Å²) in [6, 6.07) is 26.6. The van der Waals surface area contributed by atoms with Gasteiger partial charge in [-0.05, 0) is 41.7 Å². The van der Waals surface area contributed by atoms with Crippen LogP contribution in [0.4, 0.5) is 0 Å². The van der Waals surface area contributed by atoms with Crippen molar-refractivity contribution in [3.05, 3.63) is 95.6 Å². The molecule has 0 aliphatic heterocycles. The van der Waals surface area contributed by atoms with Crippen LogP contribution in [0.5, 0.6) is 11.5 Å². The van der Waals surface area contributed by atoms with Crippen LogP contribution in [-0.4, -0.2) is 26.7 Å². The summed E-state index contributed by atoms with van der Waals surface area (Å²) in [4.78, 5) is 12.4. The highest BCUT2D eigenvalue weighted by molar-refractivity contribution is 5.76. The molecule has 0 spiro atoms. The second kappa shape index (κ2) is 11.1. The zero-order valence-corrected chi connectivity index (χ0v) is 17.6. The molecule has 1 amide bonds. The van der Waals surface area contributed by atoms with Gasteiger partial charge < -0.3 is 14.8 Å². The molecule has 0 aromatic heterocycles. The van der Waals surface area contributed by atoms with Gasteiger partial charge in [-0.2, -0.15) is 0 Å². The summed E-state index contributed by atoms with van der Waals surface area (Å²) in [6.45, 7) is 0.634. The highest BCUT2D eigenvalue weighted by Gasteiger charge is 2.14. The molecule has 0 atom stereocenters. The highest BCUT2D eigenvalue weighted by Crippen LogP contribution is 2.27. The molecule has 4 heteroatoms. The number of carbonyl (C=O) groups excluding carboxylic acids is 1. The summed E-state index contributed by atoms with van der Waals surface area (Å²) < 4.78 is 10.6. The summed E-state index contributed by atoms with van der Waals surface area (Å²) >= 11 is 0. The molecular weight excluding hydrogens is 374 g/mol. The molecule has 0 bridgehead atoms. The second-order valence-electron chi connectivity index (χ2n) is 7.23. The fourth-order valence-corrected chi connectivity index (χ4v) is 3.61. The molecule has 3 aromatic carbocycles. The van der Waals surface area contributed by atoms with Gasteiger partial charge in [0.25, 0.3) is 0 Å². The molecule has 156 valence electrons. The Hall–Kier alpha value is -3.27. The van der Waals surface area contributed by atoms with Gasteiger partial charge in [0.1, 0.15) is 11.5 Å². The van der Waals surface area contributed by atoms with Gasteiger partial charge in [-0.25, -0.2) is 0 Å². The van der Waals surface area contributed by atoms with E-state index < -0.39 is 0 Å². The van der Waals surface area contributed by atoms with E-state index in [0.717, 1.165) is 23.5 Å². The second-order valence-corrected chi connectivity index (χ2v) is 7.23. The van der Waals surface area contributed by atoms with E-state index in [-0.39, 0.29) is 11.8 Å². The molecule has 0 aliphatic carbocycles. The third-order valence-corrected chi connectivity index (χ3v) is 5.21. The molecule has 3 aromatic rings. The first-order valence-corrected chi connectivity index (χ1v) is 10.3. The summed E-state index contributed by atoms with van der Waals surface area (Å²) in [6.07, 6.45) is 1.92. The lowest BCUT2D eigenvalue weighted by Crippen LogP contribution is -2.26. The van der Waals surface area contributed by atoms with Crippen molar-refractivity contribution in [3.63, 3.8) is 0 Å². The first-order chi connectivity index (χ1) is 14.7. The quantitative estimate of drug-likeness (QED) is 0.520. The van der Waals surface area contributed by atoms with E-state index in [1.54, 1.807) is 14.2 Å². The predicted octanol–water partition coefficient (Wildman–Crippen LogP) is 4.97. The number of hydrogen-bond acceptors (Lipinski definition) is 3. The van der Waals surface area contributed by atoms with Crippen LogP contribution in [0.1, 0.15) is 35.4 Å². The van der Waals surface area contributed by atoms with Gasteiger partial charge in [0.15, 0.2) is 0 Å². The Morgan fingerprint density at radius 3 is 1.87 bits per heavy atom. The number of hydrogen-bond donors (Lipinski definition) is 1. The smallest absolute Gasteiger partial charge is 0.220 e. The lowest BCUT2D eigenvalue weighted by atomic mass is 9.88. The van der Waals surface area contributed by atoms with Gasteiger partial charge in [-0.15, -0.1) is 0 Å². The van der Waals surface area contributed by atoms with Gasteiger partial charge in [0.2, 0.25) is 5.91 Å². The molecule has 0 radical (unpaired) electrons. The molecule has 0 heterocycles. The Bertz CT molecular complexity index is 864. The van der Waals surface area contributed by atoms with E-state index >= 15 is 0 Å². The number of benzene rings is 3. The van der Waals surface area contributed by atoms with Crippen molar-refractivity contribution in [1.82, 2.24) is 5.32 Å². The monoisotopic (exact) mass is 403 g/mol. The van der Waals surface area contributed by atoms with Crippen LogP contribution in [0.2, 0.25) is 0 Å². The fraction of sp³-hybridized carbons (Fsp3) is 0.269. The number of ether oxygens (including phenoxy) is 2. The maximum Gasteiger partial charge on any atom is 0.220 e. The van der Waals surface area contributed by atoms with E-state index in [2.05, 4.69) is 53.8 Å². The molecule has 0 fully saturated rings. The minimum absolute atomic E-state index is 0.0525. The maximum atomic E-state index is 12.4. The van der Waals surface area contributed by atoms with Gasteiger partial charge in [0.05, 0.1) is 14.2 Å². The summed E-state index contributed by atoms with van der Waals surface area (Å²) in [5, 5.41) is 3.08. The number of carbonyl (C=O) groups is 1. The Morgan fingerprint density at radius 1 is 0.833 bits per heavy atom. The van der Waals surface area contributed by atoms with Crippen LogP contribution in [0.3, 0.4) is 0 Å². The van der Waals surface area contributed by atoms with Crippen molar-refractivity contribution < 1.29 is 14.3 Å². The minimum atomic E-state index is 0.0525. The van der Waals surface area contributed by atoms with E-state index in [4.69, 9.17) is 9.47 Å². The minimum Gasteiger partial charge on any atom is -0.497 e. The van der Waals surface area contributed by atoms with E-state index in [1.165, 1.54) is 11.1 Å². The Morgan fingerprint density at radius 2 is 1.37 bits per heavy atom. The predicted molar refractivity (Wildman–Crippen MR) is 120 cm³/mol. The average molecular weight is 404 g/mol. The van der Waals surface area contributed by atoms with Crippen molar-refractivity contribution >= 4 is 5.91 Å². The summed E-state index contributed by atoms with van der Waals surface area (Å²) in [5.41, 5.74) is 3.55. The molecule has 30 heavy (non-hydrogen) atoms. The lowest BCUT2D eigenvalue weighted by Gasteiger charge is -2.18. The Kier molecular flexibility index (Phi) is 7.90. The van der Waals surface area contributed by atoms with E-state index in [9.17, 15) is 4.79 Å². The van der Waals surface area contributed by atoms with Crippen molar-refractivity contribution in [3.8, 4) is 11.5 Å².